The molecular weight excluding hydrogens is 272 g/mol. The third-order valence-electron chi connectivity index (χ3n) is 2.51. The molecule has 0 saturated carbocycles. The van der Waals surface area contributed by atoms with Gasteiger partial charge in [-0.25, -0.2) is 0 Å². The Morgan fingerprint density at radius 3 is 2.73 bits per heavy atom. The molecule has 0 radical (unpaired) electrons. The minimum atomic E-state index is 0.642. The standard InChI is InChI=1S/C11H15BrN2S/c12-10-3-1-2-4-11(10)15-14-9-5-7-13-8-6-9/h1-4,9,13-14H,5-8H2. The van der Waals surface area contributed by atoms with Crippen LogP contribution >= 0.6 is 27.9 Å². The molecule has 1 aromatic rings. The SMILES string of the molecule is Brc1ccccc1SNC1CCNCC1. The molecule has 2 rings (SSSR count). The van der Waals surface area contributed by atoms with Crippen molar-refractivity contribution in [1.82, 2.24) is 10.0 Å². The van der Waals surface area contributed by atoms with Crippen molar-refractivity contribution >= 4 is 27.9 Å². The second-order valence-electron chi connectivity index (χ2n) is 3.67. The van der Waals surface area contributed by atoms with Crippen LogP contribution in [0.4, 0.5) is 0 Å². The molecule has 2 nitrogen and oxygen atoms in total. The van der Waals surface area contributed by atoms with E-state index in [4.69, 9.17) is 0 Å². The Morgan fingerprint density at radius 2 is 2.00 bits per heavy atom. The molecular formula is C11H15BrN2S. The van der Waals surface area contributed by atoms with E-state index >= 15 is 0 Å². The smallest absolute Gasteiger partial charge is 0.0370 e. The van der Waals surface area contributed by atoms with Gasteiger partial charge in [0.25, 0.3) is 0 Å². The van der Waals surface area contributed by atoms with Crippen molar-refractivity contribution in [3.63, 3.8) is 0 Å². The summed E-state index contributed by atoms with van der Waals surface area (Å²) in [5, 5.41) is 3.37. The Balaban J connectivity index is 1.84. The van der Waals surface area contributed by atoms with Crippen molar-refractivity contribution in [2.24, 2.45) is 0 Å². The molecule has 1 saturated heterocycles. The van der Waals surface area contributed by atoms with Gasteiger partial charge in [-0.3, -0.25) is 4.72 Å². The maximum atomic E-state index is 3.55. The lowest BCUT2D eigenvalue weighted by Gasteiger charge is -2.23. The van der Waals surface area contributed by atoms with E-state index in [1.54, 1.807) is 11.9 Å². The van der Waals surface area contributed by atoms with Gasteiger partial charge in [-0.2, -0.15) is 0 Å². The van der Waals surface area contributed by atoms with Crippen LogP contribution in [0.25, 0.3) is 0 Å². The van der Waals surface area contributed by atoms with Crippen LogP contribution in [-0.2, 0) is 0 Å². The summed E-state index contributed by atoms with van der Waals surface area (Å²) in [5.41, 5.74) is 0. The summed E-state index contributed by atoms with van der Waals surface area (Å²) in [6.45, 7) is 2.27. The zero-order valence-electron chi connectivity index (χ0n) is 8.50. The molecule has 82 valence electrons. The number of benzene rings is 1. The lowest BCUT2D eigenvalue weighted by molar-refractivity contribution is 0.439. The maximum Gasteiger partial charge on any atom is 0.0370 e. The van der Waals surface area contributed by atoms with E-state index in [0.717, 1.165) is 17.6 Å². The van der Waals surface area contributed by atoms with Gasteiger partial charge in [-0.1, -0.05) is 12.1 Å². The predicted molar refractivity (Wildman–Crippen MR) is 69.0 cm³/mol. The fourth-order valence-electron chi connectivity index (χ4n) is 1.61. The summed E-state index contributed by atoms with van der Waals surface area (Å²) >= 11 is 5.28. The third-order valence-corrected chi connectivity index (χ3v) is 4.49. The number of hydrogen-bond donors (Lipinski definition) is 2. The average molecular weight is 287 g/mol. The van der Waals surface area contributed by atoms with E-state index in [-0.39, 0.29) is 0 Å². The summed E-state index contributed by atoms with van der Waals surface area (Å²) in [4.78, 5) is 1.26. The number of hydrogen-bond acceptors (Lipinski definition) is 3. The van der Waals surface area contributed by atoms with Crippen LogP contribution in [-0.4, -0.2) is 19.1 Å². The van der Waals surface area contributed by atoms with Crippen molar-refractivity contribution in [2.75, 3.05) is 13.1 Å². The van der Waals surface area contributed by atoms with Gasteiger partial charge in [-0.05, 0) is 65.9 Å². The normalized spacial score (nSPS) is 17.9. The Morgan fingerprint density at radius 1 is 1.27 bits per heavy atom. The van der Waals surface area contributed by atoms with Gasteiger partial charge < -0.3 is 5.32 Å². The molecule has 2 N–H and O–H groups in total. The first kappa shape index (κ1) is 11.5. The van der Waals surface area contributed by atoms with Crippen molar-refractivity contribution in [3.8, 4) is 0 Å². The second kappa shape index (κ2) is 5.89. The Bertz CT molecular complexity index is 313. The molecule has 15 heavy (non-hydrogen) atoms. The van der Waals surface area contributed by atoms with E-state index in [0.29, 0.717) is 6.04 Å². The number of rotatable bonds is 3. The Hall–Kier alpha value is -0.0300. The first-order valence-electron chi connectivity index (χ1n) is 5.24. The number of piperidine rings is 1. The van der Waals surface area contributed by atoms with E-state index in [1.165, 1.54) is 17.7 Å². The summed E-state index contributed by atoms with van der Waals surface area (Å²) < 4.78 is 4.69. The highest BCUT2D eigenvalue weighted by atomic mass is 79.9. The minimum Gasteiger partial charge on any atom is -0.317 e. The van der Waals surface area contributed by atoms with Crippen LogP contribution in [0, 0.1) is 0 Å². The first-order chi connectivity index (χ1) is 7.36. The van der Waals surface area contributed by atoms with Gasteiger partial charge in [0.2, 0.25) is 0 Å². The van der Waals surface area contributed by atoms with Gasteiger partial charge in [0.15, 0.2) is 0 Å². The molecule has 1 aromatic carbocycles. The van der Waals surface area contributed by atoms with E-state index in [1.807, 2.05) is 6.07 Å². The van der Waals surface area contributed by atoms with E-state index < -0.39 is 0 Å². The van der Waals surface area contributed by atoms with Gasteiger partial charge in [0.05, 0.1) is 0 Å². The van der Waals surface area contributed by atoms with Crippen LogP contribution in [0.5, 0.6) is 0 Å². The lowest BCUT2D eigenvalue weighted by Crippen LogP contribution is -2.37. The minimum absolute atomic E-state index is 0.642. The quantitative estimate of drug-likeness (QED) is 0.836. The monoisotopic (exact) mass is 286 g/mol. The Kier molecular flexibility index (Phi) is 4.50. The molecule has 1 aliphatic heterocycles. The third kappa shape index (κ3) is 3.48. The van der Waals surface area contributed by atoms with Crippen LogP contribution < -0.4 is 10.0 Å². The zero-order valence-corrected chi connectivity index (χ0v) is 10.9. The van der Waals surface area contributed by atoms with Crippen LogP contribution in [0.15, 0.2) is 33.6 Å². The molecule has 0 atom stereocenters. The Labute approximate surface area is 103 Å². The summed E-state index contributed by atoms with van der Waals surface area (Å²) in [5.74, 6) is 0. The first-order valence-corrected chi connectivity index (χ1v) is 6.85. The van der Waals surface area contributed by atoms with Gasteiger partial charge in [0.1, 0.15) is 0 Å². The molecule has 0 aromatic heterocycles. The maximum absolute atomic E-state index is 3.55. The summed E-state index contributed by atoms with van der Waals surface area (Å²) in [7, 11) is 0. The fourth-order valence-corrected chi connectivity index (χ4v) is 2.98. The van der Waals surface area contributed by atoms with E-state index in [9.17, 15) is 0 Å². The molecule has 0 amide bonds. The number of halogens is 1. The van der Waals surface area contributed by atoms with Crippen molar-refractivity contribution in [1.29, 1.82) is 0 Å². The van der Waals surface area contributed by atoms with Crippen LogP contribution in [0.1, 0.15) is 12.8 Å². The van der Waals surface area contributed by atoms with Crippen molar-refractivity contribution in [2.45, 2.75) is 23.8 Å². The molecule has 0 spiro atoms. The molecule has 4 heteroatoms. The van der Waals surface area contributed by atoms with Gasteiger partial charge in [0, 0.05) is 15.4 Å². The van der Waals surface area contributed by atoms with Gasteiger partial charge >= 0.3 is 0 Å². The molecule has 0 aliphatic carbocycles. The largest absolute Gasteiger partial charge is 0.317 e. The molecule has 0 unspecified atom stereocenters. The highest BCUT2D eigenvalue weighted by Gasteiger charge is 2.12. The average Bonchev–Trinajstić information content (AvgIpc) is 2.29. The van der Waals surface area contributed by atoms with Gasteiger partial charge in [-0.15, -0.1) is 0 Å². The van der Waals surface area contributed by atoms with Crippen molar-refractivity contribution in [3.05, 3.63) is 28.7 Å². The predicted octanol–water partition coefficient (Wildman–Crippen LogP) is 2.80. The molecule has 1 aliphatic rings. The molecule has 1 heterocycles. The van der Waals surface area contributed by atoms with Crippen molar-refractivity contribution < 1.29 is 0 Å². The number of nitrogens with one attached hydrogen (secondary N) is 2. The highest BCUT2D eigenvalue weighted by Crippen LogP contribution is 2.25. The molecule has 1 fully saturated rings. The fraction of sp³-hybridized carbons (Fsp3) is 0.455. The summed E-state index contributed by atoms with van der Waals surface area (Å²) in [6, 6.07) is 8.95. The van der Waals surface area contributed by atoms with E-state index in [2.05, 4.69) is 44.2 Å². The highest BCUT2D eigenvalue weighted by molar-refractivity contribution is 9.10. The summed E-state index contributed by atoms with van der Waals surface area (Å²) in [6.07, 6.45) is 2.44. The zero-order chi connectivity index (χ0) is 10.5. The van der Waals surface area contributed by atoms with Crippen LogP contribution in [0.3, 0.4) is 0 Å². The van der Waals surface area contributed by atoms with Crippen LogP contribution in [0.2, 0.25) is 0 Å². The molecule has 0 bridgehead atoms. The topological polar surface area (TPSA) is 24.1 Å². The second-order valence-corrected chi connectivity index (χ2v) is 5.41. The lowest BCUT2D eigenvalue weighted by atomic mass is 10.1.